The van der Waals surface area contributed by atoms with Crippen LogP contribution in [0.1, 0.15) is 51.4 Å². The fourth-order valence-corrected chi connectivity index (χ4v) is 4.36. The monoisotopic (exact) mass is 280 g/mol. The van der Waals surface area contributed by atoms with Gasteiger partial charge in [-0.3, -0.25) is 4.79 Å². The number of hydrogen-bond acceptors (Lipinski definition) is 2. The summed E-state index contributed by atoms with van der Waals surface area (Å²) in [5, 5.41) is 8.98. The van der Waals surface area contributed by atoms with E-state index >= 15 is 0 Å². The van der Waals surface area contributed by atoms with Gasteiger partial charge >= 0.3 is 12.0 Å². The predicted octanol–water partition coefficient (Wildman–Crippen LogP) is 2.31. The first-order valence-corrected chi connectivity index (χ1v) is 7.96. The number of urea groups is 1. The average Bonchev–Trinajstić information content (AvgIpc) is 3.05. The van der Waals surface area contributed by atoms with Crippen LogP contribution in [0.15, 0.2) is 0 Å². The second-order valence-electron chi connectivity index (χ2n) is 6.46. The molecule has 3 fully saturated rings. The molecule has 3 rings (SSSR count). The van der Waals surface area contributed by atoms with Crippen molar-refractivity contribution in [2.75, 3.05) is 13.1 Å². The highest BCUT2D eigenvalue weighted by Crippen LogP contribution is 2.37. The summed E-state index contributed by atoms with van der Waals surface area (Å²) in [7, 11) is 0. The number of carboxylic acid groups (broad SMARTS) is 1. The second kappa shape index (κ2) is 5.62. The molecule has 1 saturated carbocycles. The van der Waals surface area contributed by atoms with Gasteiger partial charge in [-0.25, -0.2) is 4.79 Å². The van der Waals surface area contributed by atoms with Crippen LogP contribution in [0.3, 0.4) is 0 Å². The minimum Gasteiger partial charge on any atom is -0.481 e. The van der Waals surface area contributed by atoms with E-state index in [1.54, 1.807) is 0 Å². The van der Waals surface area contributed by atoms with Gasteiger partial charge < -0.3 is 14.9 Å². The molecule has 5 nitrogen and oxygen atoms in total. The lowest BCUT2D eigenvalue weighted by Crippen LogP contribution is -2.53. The topological polar surface area (TPSA) is 60.9 Å². The molecule has 0 radical (unpaired) electrons. The summed E-state index contributed by atoms with van der Waals surface area (Å²) >= 11 is 0. The fourth-order valence-electron chi connectivity index (χ4n) is 4.36. The third-order valence-corrected chi connectivity index (χ3v) is 5.27. The van der Waals surface area contributed by atoms with Crippen molar-refractivity contribution >= 4 is 12.0 Å². The molecule has 2 saturated heterocycles. The molecule has 5 heteroatoms. The van der Waals surface area contributed by atoms with E-state index in [1.165, 1.54) is 19.3 Å². The van der Waals surface area contributed by atoms with Crippen molar-refractivity contribution in [2.45, 2.75) is 63.5 Å². The lowest BCUT2D eigenvalue weighted by Gasteiger charge is -2.41. The van der Waals surface area contributed by atoms with E-state index in [0.29, 0.717) is 12.0 Å². The minimum atomic E-state index is -0.799. The molecule has 0 bridgehead atoms. The third-order valence-electron chi connectivity index (χ3n) is 5.27. The maximum Gasteiger partial charge on any atom is 0.320 e. The van der Waals surface area contributed by atoms with Crippen molar-refractivity contribution in [2.24, 2.45) is 5.92 Å². The Morgan fingerprint density at radius 1 is 0.950 bits per heavy atom. The lowest BCUT2D eigenvalue weighted by atomic mass is 9.92. The van der Waals surface area contributed by atoms with Crippen LogP contribution in [0.2, 0.25) is 0 Å². The molecule has 1 N–H and O–H groups in total. The first-order valence-electron chi connectivity index (χ1n) is 7.96. The quantitative estimate of drug-likeness (QED) is 0.844. The molecule has 3 unspecified atom stereocenters. The summed E-state index contributed by atoms with van der Waals surface area (Å²) in [5.41, 5.74) is 0. The maximum atomic E-state index is 12.8. The summed E-state index contributed by atoms with van der Waals surface area (Å²) in [4.78, 5) is 27.6. The number of aliphatic carboxylic acids is 1. The van der Waals surface area contributed by atoms with Gasteiger partial charge in [0.05, 0.1) is 6.42 Å². The molecule has 3 aliphatic rings. The number of likely N-dealkylation sites (tertiary alicyclic amines) is 2. The molecule has 1 aliphatic carbocycles. The van der Waals surface area contributed by atoms with Crippen LogP contribution < -0.4 is 0 Å². The molecule has 2 aliphatic heterocycles. The van der Waals surface area contributed by atoms with Crippen LogP contribution in [0.5, 0.6) is 0 Å². The number of fused-ring (bicyclic) bond motifs is 1. The largest absolute Gasteiger partial charge is 0.481 e. The predicted molar refractivity (Wildman–Crippen MR) is 74.4 cm³/mol. The Bertz CT molecular complexity index is 399. The number of carbonyl (C=O) groups is 2. The minimum absolute atomic E-state index is 0.0909. The maximum absolute atomic E-state index is 12.8. The number of carbonyl (C=O) groups excluding carboxylic acids is 1. The van der Waals surface area contributed by atoms with Crippen molar-refractivity contribution in [3.05, 3.63) is 0 Å². The van der Waals surface area contributed by atoms with E-state index in [4.69, 9.17) is 5.11 Å². The number of rotatable bonds is 2. The van der Waals surface area contributed by atoms with Crippen LogP contribution in [0.4, 0.5) is 4.79 Å². The Morgan fingerprint density at radius 3 is 2.45 bits per heavy atom. The van der Waals surface area contributed by atoms with Crippen LogP contribution in [0.25, 0.3) is 0 Å². The van der Waals surface area contributed by atoms with Crippen LogP contribution in [0, 0.1) is 5.92 Å². The molecular weight excluding hydrogens is 256 g/mol. The summed E-state index contributed by atoms with van der Waals surface area (Å²) in [6.07, 6.45) is 7.84. The number of amides is 2. The van der Waals surface area contributed by atoms with Crippen LogP contribution in [-0.2, 0) is 4.79 Å². The van der Waals surface area contributed by atoms with Gasteiger partial charge in [-0.1, -0.05) is 6.42 Å². The molecule has 0 spiro atoms. The molecule has 0 aromatic heterocycles. The van der Waals surface area contributed by atoms with Gasteiger partial charge in [-0.2, -0.15) is 0 Å². The molecule has 112 valence electrons. The van der Waals surface area contributed by atoms with E-state index in [1.807, 2.05) is 4.90 Å². The number of piperidine rings is 1. The van der Waals surface area contributed by atoms with Gasteiger partial charge in [-0.05, 0) is 44.4 Å². The van der Waals surface area contributed by atoms with E-state index in [2.05, 4.69) is 4.90 Å². The molecule has 3 atom stereocenters. The normalized spacial score (nSPS) is 33.3. The highest BCUT2D eigenvalue weighted by Gasteiger charge is 2.41. The Labute approximate surface area is 119 Å². The summed E-state index contributed by atoms with van der Waals surface area (Å²) in [6, 6.07) is 0.425. The summed E-state index contributed by atoms with van der Waals surface area (Å²) < 4.78 is 0. The van der Waals surface area contributed by atoms with Crippen molar-refractivity contribution < 1.29 is 14.7 Å². The van der Waals surface area contributed by atoms with E-state index < -0.39 is 5.97 Å². The van der Waals surface area contributed by atoms with Gasteiger partial charge in [0.25, 0.3) is 0 Å². The lowest BCUT2D eigenvalue weighted by molar-refractivity contribution is -0.138. The first-order chi connectivity index (χ1) is 9.66. The second-order valence-corrected chi connectivity index (χ2v) is 6.46. The average molecular weight is 280 g/mol. The highest BCUT2D eigenvalue weighted by molar-refractivity contribution is 5.77. The Balaban J connectivity index is 1.69. The van der Waals surface area contributed by atoms with E-state index in [0.717, 1.165) is 38.8 Å². The molecular formula is C15H24N2O3. The van der Waals surface area contributed by atoms with Gasteiger partial charge in [0, 0.05) is 25.2 Å². The fraction of sp³-hybridized carbons (Fsp3) is 0.867. The molecule has 20 heavy (non-hydrogen) atoms. The van der Waals surface area contributed by atoms with E-state index in [-0.39, 0.29) is 18.5 Å². The zero-order valence-electron chi connectivity index (χ0n) is 12.0. The number of carboxylic acids is 1. The first kappa shape index (κ1) is 13.7. The standard InChI is InChI=1S/C15H24N2O3/c18-14(19)10-12-6-3-8-16(12)15(20)17-9-2-5-11-4-1-7-13(11)17/h11-13H,1-10H2,(H,18,19). The van der Waals surface area contributed by atoms with Crippen molar-refractivity contribution in [3.63, 3.8) is 0 Å². The molecule has 0 aromatic carbocycles. The van der Waals surface area contributed by atoms with Crippen LogP contribution >= 0.6 is 0 Å². The van der Waals surface area contributed by atoms with Crippen molar-refractivity contribution in [1.82, 2.24) is 9.80 Å². The zero-order valence-corrected chi connectivity index (χ0v) is 12.0. The summed E-state index contributed by atoms with van der Waals surface area (Å²) in [6.45, 7) is 1.58. The SMILES string of the molecule is O=C(O)CC1CCCN1C(=O)N1CCCC2CCCC21. The Kier molecular flexibility index (Phi) is 3.85. The number of nitrogens with zero attached hydrogens (tertiary/aromatic N) is 2. The Hall–Kier alpha value is -1.26. The van der Waals surface area contributed by atoms with Crippen LogP contribution in [-0.4, -0.2) is 52.1 Å². The van der Waals surface area contributed by atoms with Gasteiger partial charge in [0.2, 0.25) is 0 Å². The van der Waals surface area contributed by atoms with Crippen molar-refractivity contribution in [3.8, 4) is 0 Å². The van der Waals surface area contributed by atoms with Gasteiger partial charge in [0.1, 0.15) is 0 Å². The zero-order chi connectivity index (χ0) is 14.1. The van der Waals surface area contributed by atoms with Gasteiger partial charge in [-0.15, -0.1) is 0 Å². The van der Waals surface area contributed by atoms with Gasteiger partial charge in [0.15, 0.2) is 0 Å². The third kappa shape index (κ3) is 2.50. The Morgan fingerprint density at radius 2 is 1.65 bits per heavy atom. The highest BCUT2D eigenvalue weighted by atomic mass is 16.4. The van der Waals surface area contributed by atoms with E-state index in [9.17, 15) is 9.59 Å². The number of hydrogen-bond donors (Lipinski definition) is 1. The molecule has 0 aromatic rings. The smallest absolute Gasteiger partial charge is 0.320 e. The molecule has 2 amide bonds. The molecule has 2 heterocycles. The summed E-state index contributed by atoms with van der Waals surface area (Å²) in [5.74, 6) is -0.111. The van der Waals surface area contributed by atoms with Crippen molar-refractivity contribution in [1.29, 1.82) is 0 Å².